The molecule has 12 rings (SSSR count). The SMILES string of the molecule is CC1(C)c2ccccc2-c2ccc(N(c3ccc4c(c3)-c3ccccc3C43c4ccccc4-c4ccccc43)c3ccc4ccc5ccccc5c4c3)cc21. The fraction of sp³-hybridized carbons (Fsp3) is 0.0741. The van der Waals surface area contributed by atoms with E-state index in [1.54, 1.807) is 0 Å². The summed E-state index contributed by atoms with van der Waals surface area (Å²) in [6, 6.07) is 70.8. The average Bonchev–Trinajstić information content (AvgIpc) is 3.79. The fourth-order valence-electron chi connectivity index (χ4n) is 10.6. The third kappa shape index (κ3) is 3.97. The van der Waals surface area contributed by atoms with Gasteiger partial charge in [-0.1, -0.05) is 166 Å². The molecular weight excluding hydrogens is 663 g/mol. The number of benzene rings is 9. The minimum absolute atomic E-state index is 0.111. The maximum atomic E-state index is 2.49. The molecule has 258 valence electrons. The lowest BCUT2D eigenvalue weighted by atomic mass is 9.70. The first-order valence-corrected chi connectivity index (χ1v) is 19.4. The summed E-state index contributed by atoms with van der Waals surface area (Å²) in [5.41, 5.74) is 19.1. The molecule has 0 unspecified atom stereocenters. The Morgan fingerprint density at radius 1 is 0.309 bits per heavy atom. The Kier molecular flexibility index (Phi) is 6.11. The van der Waals surface area contributed by atoms with Crippen molar-refractivity contribution in [1.82, 2.24) is 0 Å². The minimum atomic E-state index is -0.367. The molecule has 55 heavy (non-hydrogen) atoms. The quantitative estimate of drug-likeness (QED) is 0.166. The van der Waals surface area contributed by atoms with Crippen LogP contribution in [-0.2, 0) is 10.8 Å². The predicted octanol–water partition coefficient (Wildman–Crippen LogP) is 14.1. The van der Waals surface area contributed by atoms with E-state index in [4.69, 9.17) is 0 Å². The van der Waals surface area contributed by atoms with Gasteiger partial charge in [0.25, 0.3) is 0 Å². The molecule has 0 radical (unpaired) electrons. The van der Waals surface area contributed by atoms with Crippen LogP contribution in [0.25, 0.3) is 54.9 Å². The van der Waals surface area contributed by atoms with E-state index in [2.05, 4.69) is 207 Å². The molecule has 3 aliphatic rings. The van der Waals surface area contributed by atoms with Crippen molar-refractivity contribution in [2.45, 2.75) is 24.7 Å². The monoisotopic (exact) mass is 699 g/mol. The van der Waals surface area contributed by atoms with Crippen LogP contribution in [0.5, 0.6) is 0 Å². The van der Waals surface area contributed by atoms with Crippen LogP contribution in [0.3, 0.4) is 0 Å². The fourth-order valence-corrected chi connectivity index (χ4v) is 10.6. The third-order valence-electron chi connectivity index (χ3n) is 13.1. The second-order valence-corrected chi connectivity index (χ2v) is 16.0. The van der Waals surface area contributed by atoms with Crippen LogP contribution in [0.1, 0.15) is 47.2 Å². The Balaban J connectivity index is 1.12. The highest BCUT2D eigenvalue weighted by Gasteiger charge is 2.51. The van der Waals surface area contributed by atoms with Gasteiger partial charge in [-0.05, 0) is 125 Å². The lowest BCUT2D eigenvalue weighted by molar-refractivity contribution is 0.660. The Bertz CT molecular complexity index is 3040. The van der Waals surface area contributed by atoms with Crippen LogP contribution >= 0.6 is 0 Å². The van der Waals surface area contributed by atoms with Gasteiger partial charge in [0.1, 0.15) is 0 Å². The molecule has 9 aromatic carbocycles. The predicted molar refractivity (Wildman–Crippen MR) is 230 cm³/mol. The molecule has 3 aliphatic carbocycles. The molecule has 9 aromatic rings. The van der Waals surface area contributed by atoms with Gasteiger partial charge in [0.05, 0.1) is 5.41 Å². The van der Waals surface area contributed by atoms with Gasteiger partial charge < -0.3 is 4.90 Å². The lowest BCUT2D eigenvalue weighted by Crippen LogP contribution is -2.25. The molecule has 1 heteroatoms. The van der Waals surface area contributed by atoms with Crippen LogP contribution in [-0.4, -0.2) is 0 Å². The summed E-state index contributed by atoms with van der Waals surface area (Å²) in [4.78, 5) is 2.49. The zero-order chi connectivity index (χ0) is 36.5. The Morgan fingerprint density at radius 2 is 0.745 bits per heavy atom. The molecule has 1 spiro atoms. The van der Waals surface area contributed by atoms with Gasteiger partial charge in [-0.25, -0.2) is 0 Å². The Morgan fingerprint density at radius 3 is 1.44 bits per heavy atom. The number of nitrogens with zero attached hydrogens (tertiary/aromatic N) is 1. The highest BCUT2D eigenvalue weighted by atomic mass is 15.1. The number of rotatable bonds is 3. The zero-order valence-corrected chi connectivity index (χ0v) is 30.8. The molecule has 0 bridgehead atoms. The molecule has 0 fully saturated rings. The van der Waals surface area contributed by atoms with E-state index in [-0.39, 0.29) is 10.8 Å². The smallest absolute Gasteiger partial charge is 0.0725 e. The molecule has 0 aromatic heterocycles. The van der Waals surface area contributed by atoms with E-state index < -0.39 is 0 Å². The van der Waals surface area contributed by atoms with Gasteiger partial charge in [-0.2, -0.15) is 0 Å². The van der Waals surface area contributed by atoms with E-state index in [9.17, 15) is 0 Å². The molecule has 0 heterocycles. The Labute approximate surface area is 321 Å². The van der Waals surface area contributed by atoms with E-state index in [0.29, 0.717) is 0 Å². The molecule has 0 aliphatic heterocycles. The van der Waals surface area contributed by atoms with Gasteiger partial charge in [0.15, 0.2) is 0 Å². The van der Waals surface area contributed by atoms with Crippen molar-refractivity contribution in [3.63, 3.8) is 0 Å². The van der Waals surface area contributed by atoms with Gasteiger partial charge in [0, 0.05) is 22.5 Å². The second kappa shape index (κ2) is 10.9. The largest absolute Gasteiger partial charge is 0.310 e. The maximum absolute atomic E-state index is 2.49. The molecular formula is C54H37N. The van der Waals surface area contributed by atoms with Crippen LogP contribution in [0, 0.1) is 0 Å². The first kappa shape index (κ1) is 30.7. The lowest BCUT2D eigenvalue weighted by Gasteiger charge is -2.31. The number of fused-ring (bicyclic) bond motifs is 16. The highest BCUT2D eigenvalue weighted by molar-refractivity contribution is 6.09. The topological polar surface area (TPSA) is 3.24 Å². The number of anilines is 3. The van der Waals surface area contributed by atoms with Crippen molar-refractivity contribution in [3.8, 4) is 33.4 Å². The summed E-state index contributed by atoms with van der Waals surface area (Å²) >= 11 is 0. The van der Waals surface area contributed by atoms with Crippen LogP contribution in [0.4, 0.5) is 17.1 Å². The van der Waals surface area contributed by atoms with Gasteiger partial charge in [-0.3, -0.25) is 0 Å². The van der Waals surface area contributed by atoms with Crippen molar-refractivity contribution in [2.75, 3.05) is 4.90 Å². The summed E-state index contributed by atoms with van der Waals surface area (Å²) < 4.78 is 0. The van der Waals surface area contributed by atoms with Crippen molar-refractivity contribution >= 4 is 38.6 Å². The summed E-state index contributed by atoms with van der Waals surface area (Å²) in [6.07, 6.45) is 0. The standard InChI is InChI=1S/C54H37N/c1-53(2)47-19-9-5-15-40(47)44-29-27-38(33-52(44)53)55(36-26-25-35-24-23-34-13-3-4-14-39(34)45(35)31-36)37-28-30-51-46(32-37)43-18-8-12-22-50(43)54(51)48-20-10-6-16-41(48)42-17-7-11-21-49(42)54/h3-33H,1-2H3. The van der Waals surface area contributed by atoms with Gasteiger partial charge in [-0.15, -0.1) is 0 Å². The molecule has 0 amide bonds. The zero-order valence-electron chi connectivity index (χ0n) is 30.8. The van der Waals surface area contributed by atoms with E-state index in [0.717, 1.165) is 17.1 Å². The molecule has 1 nitrogen and oxygen atoms in total. The van der Waals surface area contributed by atoms with Crippen molar-refractivity contribution in [3.05, 3.63) is 221 Å². The van der Waals surface area contributed by atoms with Gasteiger partial charge in [0.2, 0.25) is 0 Å². The molecule has 0 N–H and O–H groups in total. The van der Waals surface area contributed by atoms with Gasteiger partial charge >= 0.3 is 0 Å². The summed E-state index contributed by atoms with van der Waals surface area (Å²) in [7, 11) is 0. The summed E-state index contributed by atoms with van der Waals surface area (Å²) in [6.45, 7) is 4.74. The molecule has 0 saturated carbocycles. The van der Waals surface area contributed by atoms with Crippen molar-refractivity contribution in [2.24, 2.45) is 0 Å². The first-order chi connectivity index (χ1) is 27.0. The summed E-state index contributed by atoms with van der Waals surface area (Å²) in [5, 5.41) is 5.04. The minimum Gasteiger partial charge on any atom is -0.310 e. The molecule has 0 atom stereocenters. The normalized spacial score (nSPS) is 14.7. The van der Waals surface area contributed by atoms with Crippen molar-refractivity contribution in [1.29, 1.82) is 0 Å². The van der Waals surface area contributed by atoms with Crippen LogP contribution in [0.2, 0.25) is 0 Å². The van der Waals surface area contributed by atoms with Crippen LogP contribution in [0.15, 0.2) is 188 Å². The highest BCUT2D eigenvalue weighted by Crippen LogP contribution is 2.63. The summed E-state index contributed by atoms with van der Waals surface area (Å²) in [5.74, 6) is 0. The van der Waals surface area contributed by atoms with E-state index >= 15 is 0 Å². The van der Waals surface area contributed by atoms with Crippen LogP contribution < -0.4 is 4.90 Å². The van der Waals surface area contributed by atoms with Crippen molar-refractivity contribution < 1.29 is 0 Å². The number of hydrogen-bond donors (Lipinski definition) is 0. The first-order valence-electron chi connectivity index (χ1n) is 19.4. The van der Waals surface area contributed by atoms with E-state index in [1.165, 1.54) is 88.3 Å². The molecule has 0 saturated heterocycles. The number of hydrogen-bond acceptors (Lipinski definition) is 1. The van der Waals surface area contributed by atoms with E-state index in [1.807, 2.05) is 0 Å². The third-order valence-corrected chi connectivity index (χ3v) is 13.1. The second-order valence-electron chi connectivity index (χ2n) is 16.0. The maximum Gasteiger partial charge on any atom is 0.0725 e. The average molecular weight is 700 g/mol. The Hall–Kier alpha value is -6.70.